The first kappa shape index (κ1) is 17.7. The standard InChI is InChI=1S/C19H17ClN4O2/c1-12-3-6-14(20)11-17(12)22-19(25)21-15-7-4-13(5-8-15)16-9-10-18(26-2)24-23-16/h3-11H,1-2H3,(H2,21,22,25). The quantitative estimate of drug-likeness (QED) is 0.696. The Balaban J connectivity index is 1.66. The number of carbonyl (C=O) groups is 1. The number of rotatable bonds is 4. The zero-order valence-electron chi connectivity index (χ0n) is 14.3. The third-order valence-corrected chi connectivity index (χ3v) is 3.97. The van der Waals surface area contributed by atoms with Crippen molar-refractivity contribution in [3.8, 4) is 17.1 Å². The van der Waals surface area contributed by atoms with Gasteiger partial charge in [0.2, 0.25) is 5.88 Å². The Hall–Kier alpha value is -3.12. The van der Waals surface area contributed by atoms with Crippen LogP contribution in [0.1, 0.15) is 5.56 Å². The van der Waals surface area contributed by atoms with Crippen molar-refractivity contribution in [3.63, 3.8) is 0 Å². The molecule has 2 amide bonds. The van der Waals surface area contributed by atoms with Crippen LogP contribution in [0.15, 0.2) is 54.6 Å². The lowest BCUT2D eigenvalue weighted by atomic mass is 10.1. The van der Waals surface area contributed by atoms with Crippen molar-refractivity contribution in [2.24, 2.45) is 0 Å². The number of carbonyl (C=O) groups excluding carboxylic acids is 1. The van der Waals surface area contributed by atoms with Gasteiger partial charge in [-0.2, -0.15) is 0 Å². The summed E-state index contributed by atoms with van der Waals surface area (Å²) in [5, 5.41) is 14.2. The highest BCUT2D eigenvalue weighted by atomic mass is 35.5. The fraction of sp³-hybridized carbons (Fsp3) is 0.105. The van der Waals surface area contributed by atoms with Gasteiger partial charge in [0.15, 0.2) is 0 Å². The van der Waals surface area contributed by atoms with Crippen LogP contribution in [0.5, 0.6) is 5.88 Å². The van der Waals surface area contributed by atoms with E-state index in [9.17, 15) is 4.79 Å². The van der Waals surface area contributed by atoms with Crippen molar-refractivity contribution in [1.82, 2.24) is 10.2 Å². The maximum Gasteiger partial charge on any atom is 0.323 e. The molecule has 0 aliphatic rings. The fourth-order valence-corrected chi connectivity index (χ4v) is 2.49. The fourth-order valence-electron chi connectivity index (χ4n) is 2.32. The molecule has 0 saturated heterocycles. The number of aromatic nitrogens is 2. The molecule has 3 aromatic rings. The smallest absolute Gasteiger partial charge is 0.323 e. The van der Waals surface area contributed by atoms with Crippen molar-refractivity contribution in [1.29, 1.82) is 0 Å². The molecule has 0 radical (unpaired) electrons. The minimum atomic E-state index is -0.340. The van der Waals surface area contributed by atoms with Gasteiger partial charge >= 0.3 is 6.03 Å². The number of nitrogens with zero attached hydrogens (tertiary/aromatic N) is 2. The van der Waals surface area contributed by atoms with Crippen LogP contribution in [0.2, 0.25) is 5.02 Å². The molecule has 2 N–H and O–H groups in total. The molecule has 3 rings (SSSR count). The molecular formula is C19H17ClN4O2. The molecule has 0 saturated carbocycles. The largest absolute Gasteiger partial charge is 0.480 e. The van der Waals surface area contributed by atoms with Gasteiger partial charge in [-0.3, -0.25) is 0 Å². The Morgan fingerprint density at radius 3 is 2.42 bits per heavy atom. The lowest BCUT2D eigenvalue weighted by Crippen LogP contribution is -2.19. The van der Waals surface area contributed by atoms with E-state index < -0.39 is 0 Å². The van der Waals surface area contributed by atoms with Crippen LogP contribution >= 0.6 is 11.6 Å². The number of hydrogen-bond acceptors (Lipinski definition) is 4. The molecule has 0 bridgehead atoms. The summed E-state index contributed by atoms with van der Waals surface area (Å²) in [6, 6.07) is 15.9. The first-order chi connectivity index (χ1) is 12.5. The number of aryl methyl sites for hydroxylation is 1. The zero-order chi connectivity index (χ0) is 18.5. The van der Waals surface area contributed by atoms with Crippen LogP contribution in [0.3, 0.4) is 0 Å². The number of urea groups is 1. The van der Waals surface area contributed by atoms with Gasteiger partial charge in [-0.1, -0.05) is 29.8 Å². The van der Waals surface area contributed by atoms with E-state index in [1.54, 1.807) is 37.4 Å². The average Bonchev–Trinajstić information content (AvgIpc) is 2.65. The van der Waals surface area contributed by atoms with Gasteiger partial charge in [0, 0.05) is 28.0 Å². The minimum absolute atomic E-state index is 0.340. The number of benzene rings is 2. The van der Waals surface area contributed by atoms with Crippen LogP contribution in [-0.2, 0) is 0 Å². The van der Waals surface area contributed by atoms with Gasteiger partial charge in [-0.15, -0.1) is 10.2 Å². The van der Waals surface area contributed by atoms with Crippen molar-refractivity contribution >= 4 is 29.0 Å². The Morgan fingerprint density at radius 2 is 1.77 bits per heavy atom. The second-order valence-corrected chi connectivity index (χ2v) is 6.01. The predicted molar refractivity (Wildman–Crippen MR) is 103 cm³/mol. The highest BCUT2D eigenvalue weighted by molar-refractivity contribution is 6.31. The van der Waals surface area contributed by atoms with Crippen molar-refractivity contribution in [2.75, 3.05) is 17.7 Å². The maximum atomic E-state index is 12.2. The summed E-state index contributed by atoms with van der Waals surface area (Å²) in [7, 11) is 1.54. The van der Waals surface area contributed by atoms with Crippen molar-refractivity contribution < 1.29 is 9.53 Å². The summed E-state index contributed by atoms with van der Waals surface area (Å²) in [6.45, 7) is 1.90. The highest BCUT2D eigenvalue weighted by Gasteiger charge is 2.07. The number of methoxy groups -OCH3 is 1. The topological polar surface area (TPSA) is 76.1 Å². The highest BCUT2D eigenvalue weighted by Crippen LogP contribution is 2.22. The van der Waals surface area contributed by atoms with E-state index >= 15 is 0 Å². The van der Waals surface area contributed by atoms with Crippen molar-refractivity contribution in [2.45, 2.75) is 6.92 Å². The second kappa shape index (κ2) is 7.84. The summed E-state index contributed by atoms with van der Waals surface area (Å²) < 4.78 is 5.00. The van der Waals surface area contributed by atoms with E-state index in [1.807, 2.05) is 31.2 Å². The Kier molecular flexibility index (Phi) is 5.34. The minimum Gasteiger partial charge on any atom is -0.480 e. The molecule has 1 heterocycles. The average molecular weight is 369 g/mol. The molecule has 2 aromatic carbocycles. The van der Waals surface area contributed by atoms with Crippen molar-refractivity contribution in [3.05, 3.63) is 65.2 Å². The normalized spacial score (nSPS) is 10.3. The molecule has 0 unspecified atom stereocenters. The summed E-state index contributed by atoms with van der Waals surface area (Å²) in [4.78, 5) is 12.2. The molecule has 0 atom stereocenters. The van der Waals surface area contributed by atoms with E-state index in [4.69, 9.17) is 16.3 Å². The maximum absolute atomic E-state index is 12.2. The third-order valence-electron chi connectivity index (χ3n) is 3.74. The molecule has 0 aliphatic heterocycles. The Morgan fingerprint density at radius 1 is 1.00 bits per heavy atom. The Labute approximate surface area is 156 Å². The summed E-state index contributed by atoms with van der Waals surface area (Å²) >= 11 is 5.96. The van der Waals surface area contributed by atoms with E-state index in [2.05, 4.69) is 20.8 Å². The lowest BCUT2D eigenvalue weighted by Gasteiger charge is -2.10. The van der Waals surface area contributed by atoms with Gasteiger partial charge in [-0.25, -0.2) is 4.79 Å². The number of anilines is 2. The Bertz CT molecular complexity index is 912. The predicted octanol–water partition coefficient (Wildman–Crippen LogP) is 4.76. The van der Waals surface area contributed by atoms with Gasteiger partial charge in [0.05, 0.1) is 12.8 Å². The molecule has 26 heavy (non-hydrogen) atoms. The molecule has 0 fully saturated rings. The van der Waals surface area contributed by atoms with Gasteiger partial charge in [0.25, 0.3) is 0 Å². The molecule has 7 heteroatoms. The first-order valence-electron chi connectivity index (χ1n) is 7.87. The number of amides is 2. The molecule has 0 spiro atoms. The van der Waals surface area contributed by atoms with Crippen LogP contribution < -0.4 is 15.4 Å². The van der Waals surface area contributed by atoms with E-state index in [0.29, 0.717) is 22.3 Å². The first-order valence-corrected chi connectivity index (χ1v) is 8.25. The number of hydrogen-bond donors (Lipinski definition) is 2. The molecule has 1 aromatic heterocycles. The van der Waals surface area contributed by atoms with E-state index in [1.165, 1.54) is 0 Å². The van der Waals surface area contributed by atoms with Crippen LogP contribution in [0.25, 0.3) is 11.3 Å². The van der Waals surface area contributed by atoms with Crippen LogP contribution in [-0.4, -0.2) is 23.3 Å². The number of halogens is 1. The molecule has 6 nitrogen and oxygen atoms in total. The number of ether oxygens (including phenoxy) is 1. The monoisotopic (exact) mass is 368 g/mol. The van der Waals surface area contributed by atoms with Gasteiger partial charge < -0.3 is 15.4 Å². The van der Waals surface area contributed by atoms with E-state index in [-0.39, 0.29) is 6.03 Å². The van der Waals surface area contributed by atoms with Gasteiger partial charge in [0.1, 0.15) is 0 Å². The van der Waals surface area contributed by atoms with Crippen LogP contribution in [0, 0.1) is 6.92 Å². The summed E-state index contributed by atoms with van der Waals surface area (Å²) in [5.74, 6) is 0.458. The number of nitrogens with one attached hydrogen (secondary N) is 2. The van der Waals surface area contributed by atoms with E-state index in [0.717, 1.165) is 16.8 Å². The zero-order valence-corrected chi connectivity index (χ0v) is 15.0. The van der Waals surface area contributed by atoms with Gasteiger partial charge in [-0.05, 0) is 42.8 Å². The SMILES string of the molecule is COc1ccc(-c2ccc(NC(=O)Nc3cc(Cl)ccc3C)cc2)nn1. The van der Waals surface area contributed by atoms with Crippen LogP contribution in [0.4, 0.5) is 16.2 Å². The summed E-state index contributed by atoms with van der Waals surface area (Å²) in [6.07, 6.45) is 0. The second-order valence-electron chi connectivity index (χ2n) is 5.58. The third kappa shape index (κ3) is 4.29. The molecule has 132 valence electrons. The summed E-state index contributed by atoms with van der Waals surface area (Å²) in [5.41, 5.74) is 3.86. The lowest BCUT2D eigenvalue weighted by molar-refractivity contribution is 0.262. The molecular weight excluding hydrogens is 352 g/mol. The molecule has 0 aliphatic carbocycles.